The number of alkyl halides is 3. The Bertz CT molecular complexity index is 1120. The third-order valence-corrected chi connectivity index (χ3v) is 5.85. The van der Waals surface area contributed by atoms with Gasteiger partial charge in [0.1, 0.15) is 5.82 Å². The number of imidazole rings is 1. The number of fused-ring (bicyclic) bond motifs is 1. The van der Waals surface area contributed by atoms with E-state index in [4.69, 9.17) is 9.47 Å². The lowest BCUT2D eigenvalue weighted by molar-refractivity contribution is -0.138. The Balaban J connectivity index is 1.93. The summed E-state index contributed by atoms with van der Waals surface area (Å²) in [6.07, 6.45) is -3.92. The van der Waals surface area contributed by atoms with E-state index in [0.29, 0.717) is 42.4 Å². The van der Waals surface area contributed by atoms with Crippen molar-refractivity contribution < 1.29 is 31.8 Å². The number of benzene rings is 2. The smallest absolute Gasteiger partial charge is 0.416 e. The van der Waals surface area contributed by atoms with Gasteiger partial charge >= 0.3 is 12.1 Å². The highest BCUT2D eigenvalue weighted by atomic mass is 32.2. The van der Waals surface area contributed by atoms with Gasteiger partial charge in [-0.15, -0.1) is 0 Å². The maximum atomic E-state index is 13.7. The molecular weight excluding hydrogens is 460 g/mol. The van der Waals surface area contributed by atoms with E-state index < -0.39 is 23.5 Å². The monoisotopic (exact) mass is 484 g/mol. The van der Waals surface area contributed by atoms with Crippen LogP contribution in [0.25, 0.3) is 11.0 Å². The van der Waals surface area contributed by atoms with E-state index in [0.717, 1.165) is 35.5 Å². The number of carbonyl (C=O) groups is 1. The zero-order valence-corrected chi connectivity index (χ0v) is 19.1. The highest BCUT2D eigenvalue weighted by Crippen LogP contribution is 2.36. The number of halogens is 4. The normalized spacial score (nSPS) is 11.8. The van der Waals surface area contributed by atoms with Gasteiger partial charge in [0.25, 0.3) is 0 Å². The molecule has 0 bridgehead atoms. The molecule has 1 heterocycles. The number of carbonyl (C=O) groups excluding carboxylic acids is 1. The van der Waals surface area contributed by atoms with Crippen molar-refractivity contribution >= 4 is 28.8 Å². The van der Waals surface area contributed by atoms with Crippen molar-refractivity contribution in [2.24, 2.45) is 0 Å². The quantitative estimate of drug-likeness (QED) is 0.151. The molecule has 0 aliphatic heterocycles. The second-order valence-corrected chi connectivity index (χ2v) is 8.05. The zero-order chi connectivity index (χ0) is 24.0. The molecule has 0 amide bonds. The summed E-state index contributed by atoms with van der Waals surface area (Å²) in [5.41, 5.74) is 0.559. The predicted octanol–water partition coefficient (Wildman–Crippen LogP) is 6.09. The minimum Gasteiger partial charge on any atom is -0.462 e. The fourth-order valence-electron chi connectivity index (χ4n) is 3.34. The first-order valence-electron chi connectivity index (χ1n) is 10.5. The molecule has 3 aromatic rings. The first kappa shape index (κ1) is 25.0. The second-order valence-electron chi connectivity index (χ2n) is 7.11. The average Bonchev–Trinajstić information content (AvgIpc) is 3.11. The van der Waals surface area contributed by atoms with Crippen LogP contribution < -0.4 is 0 Å². The van der Waals surface area contributed by atoms with Gasteiger partial charge in [-0.25, -0.2) is 14.2 Å². The van der Waals surface area contributed by atoms with Crippen LogP contribution in [0, 0.1) is 5.82 Å². The predicted molar refractivity (Wildman–Crippen MR) is 118 cm³/mol. The Labute approximate surface area is 193 Å². The molecular formula is C23H24F4N2O3S. The third-order valence-electron chi connectivity index (χ3n) is 4.83. The molecule has 178 valence electrons. The molecule has 33 heavy (non-hydrogen) atoms. The number of hydrogen-bond acceptors (Lipinski definition) is 5. The Morgan fingerprint density at radius 1 is 1.12 bits per heavy atom. The van der Waals surface area contributed by atoms with Gasteiger partial charge in [0.05, 0.1) is 28.8 Å². The van der Waals surface area contributed by atoms with Crippen molar-refractivity contribution in [1.82, 2.24) is 9.55 Å². The Hall–Kier alpha value is -2.59. The molecule has 0 saturated carbocycles. The topological polar surface area (TPSA) is 53.4 Å². The summed E-state index contributed by atoms with van der Waals surface area (Å²) in [5, 5.41) is 0.472. The van der Waals surface area contributed by atoms with Crippen molar-refractivity contribution in [3.8, 4) is 0 Å². The molecule has 0 aliphatic rings. The molecule has 0 N–H and O–H groups in total. The summed E-state index contributed by atoms with van der Waals surface area (Å²) in [5.74, 6) is -1.33. The Kier molecular flexibility index (Phi) is 8.36. The number of thioether (sulfide) groups is 1. The second kappa shape index (κ2) is 11.0. The van der Waals surface area contributed by atoms with Crippen LogP contribution in [-0.4, -0.2) is 35.3 Å². The van der Waals surface area contributed by atoms with Gasteiger partial charge in [0, 0.05) is 25.5 Å². The highest BCUT2D eigenvalue weighted by molar-refractivity contribution is 7.98. The molecule has 0 unspecified atom stereocenters. The van der Waals surface area contributed by atoms with Crippen LogP contribution in [0.4, 0.5) is 17.6 Å². The van der Waals surface area contributed by atoms with Crippen LogP contribution in [-0.2, 0) is 27.9 Å². The molecule has 5 nitrogen and oxygen atoms in total. The molecule has 10 heteroatoms. The summed E-state index contributed by atoms with van der Waals surface area (Å²) in [7, 11) is 0. The van der Waals surface area contributed by atoms with E-state index >= 15 is 0 Å². The number of aromatic nitrogens is 2. The summed E-state index contributed by atoms with van der Waals surface area (Å²) < 4.78 is 66.1. The van der Waals surface area contributed by atoms with Crippen molar-refractivity contribution in [3.63, 3.8) is 0 Å². The zero-order valence-electron chi connectivity index (χ0n) is 18.2. The van der Waals surface area contributed by atoms with E-state index in [9.17, 15) is 22.4 Å². The molecule has 2 aromatic carbocycles. The first-order chi connectivity index (χ1) is 15.7. The van der Waals surface area contributed by atoms with Crippen LogP contribution in [0.2, 0.25) is 0 Å². The fraction of sp³-hybridized carbons (Fsp3) is 0.391. The molecule has 1 aromatic heterocycles. The number of ether oxygens (including phenoxy) is 2. The lowest BCUT2D eigenvalue weighted by Crippen LogP contribution is -2.09. The van der Waals surface area contributed by atoms with Crippen LogP contribution >= 0.6 is 11.8 Å². The number of esters is 1. The van der Waals surface area contributed by atoms with Crippen LogP contribution in [0.1, 0.15) is 41.8 Å². The summed E-state index contributed by atoms with van der Waals surface area (Å²) >= 11 is 1.08. The minimum absolute atomic E-state index is 0.119. The summed E-state index contributed by atoms with van der Waals surface area (Å²) in [6, 6.07) is 7.42. The van der Waals surface area contributed by atoms with Crippen molar-refractivity contribution in [2.45, 2.75) is 43.9 Å². The van der Waals surface area contributed by atoms with Crippen LogP contribution in [0.5, 0.6) is 0 Å². The molecule has 0 fully saturated rings. The summed E-state index contributed by atoms with van der Waals surface area (Å²) in [4.78, 5) is 16.6. The molecule has 0 aliphatic carbocycles. The number of rotatable bonds is 10. The van der Waals surface area contributed by atoms with E-state index in [-0.39, 0.29) is 17.9 Å². The number of nitrogens with zero attached hydrogens (tertiary/aromatic N) is 2. The minimum atomic E-state index is -4.59. The van der Waals surface area contributed by atoms with Gasteiger partial charge in [-0.2, -0.15) is 13.2 Å². The van der Waals surface area contributed by atoms with E-state index in [1.54, 1.807) is 25.1 Å². The molecule has 0 spiro atoms. The molecule has 3 rings (SSSR count). The van der Waals surface area contributed by atoms with E-state index in [1.165, 1.54) is 0 Å². The SMILES string of the molecule is CCOCCCn1c(SCc2cc(F)ccc2C(F)(F)F)nc2cc(C(=O)OCC)ccc21. The maximum absolute atomic E-state index is 13.7. The van der Waals surface area contributed by atoms with Crippen LogP contribution in [0.3, 0.4) is 0 Å². The van der Waals surface area contributed by atoms with E-state index in [2.05, 4.69) is 4.98 Å². The van der Waals surface area contributed by atoms with Gasteiger partial charge in [-0.1, -0.05) is 11.8 Å². The summed E-state index contributed by atoms with van der Waals surface area (Å²) in [6.45, 7) is 5.45. The van der Waals surface area contributed by atoms with Gasteiger partial charge in [-0.05, 0) is 62.2 Å². The fourth-order valence-corrected chi connectivity index (χ4v) is 4.38. The van der Waals surface area contributed by atoms with Crippen molar-refractivity contribution in [2.75, 3.05) is 19.8 Å². The van der Waals surface area contributed by atoms with Crippen LogP contribution in [0.15, 0.2) is 41.6 Å². The average molecular weight is 485 g/mol. The van der Waals surface area contributed by atoms with Crippen molar-refractivity contribution in [3.05, 3.63) is 58.9 Å². The number of hydrogen-bond donors (Lipinski definition) is 0. The lowest BCUT2D eigenvalue weighted by atomic mass is 10.1. The van der Waals surface area contributed by atoms with Gasteiger partial charge in [-0.3, -0.25) is 0 Å². The lowest BCUT2D eigenvalue weighted by Gasteiger charge is -2.13. The first-order valence-corrected chi connectivity index (χ1v) is 11.5. The standard InChI is InChI=1S/C23H24F4N2O3S/c1-3-31-11-5-10-29-20-9-6-15(21(30)32-4-2)13-19(20)28-22(29)33-14-16-12-17(24)7-8-18(16)23(25,26)27/h6-9,12-13H,3-5,10-11,14H2,1-2H3. The highest BCUT2D eigenvalue weighted by Gasteiger charge is 2.33. The molecule has 0 radical (unpaired) electrons. The number of aryl methyl sites for hydroxylation is 1. The molecule has 0 atom stereocenters. The van der Waals surface area contributed by atoms with Gasteiger partial charge in [0.15, 0.2) is 5.16 Å². The third kappa shape index (κ3) is 6.26. The largest absolute Gasteiger partial charge is 0.462 e. The van der Waals surface area contributed by atoms with E-state index in [1.807, 2.05) is 11.5 Å². The Morgan fingerprint density at radius 3 is 2.61 bits per heavy atom. The van der Waals surface area contributed by atoms with Gasteiger partial charge in [0.2, 0.25) is 0 Å². The molecule has 0 saturated heterocycles. The van der Waals surface area contributed by atoms with Crippen molar-refractivity contribution in [1.29, 1.82) is 0 Å². The Morgan fingerprint density at radius 2 is 1.91 bits per heavy atom. The maximum Gasteiger partial charge on any atom is 0.416 e. The van der Waals surface area contributed by atoms with Gasteiger partial charge < -0.3 is 14.0 Å².